The third-order valence-electron chi connectivity index (χ3n) is 1.34. The van der Waals surface area contributed by atoms with E-state index in [4.69, 9.17) is 17.3 Å². The van der Waals surface area contributed by atoms with Crippen molar-refractivity contribution >= 4 is 17.5 Å². The minimum absolute atomic E-state index is 0.441. The molecule has 0 saturated heterocycles. The van der Waals surface area contributed by atoms with Crippen LogP contribution in [-0.4, -0.2) is 17.3 Å². The Hall–Kier alpha value is -1.50. The number of ether oxygens (including phenoxy) is 1. The molecule has 0 atom stereocenters. The number of pyridine rings is 1. The maximum Gasteiger partial charge on any atom is 0.573 e. The molecular weight excluding hydrogens is 237 g/mol. The van der Waals surface area contributed by atoms with Crippen LogP contribution in [0.1, 0.15) is 10.4 Å². The van der Waals surface area contributed by atoms with Crippen molar-refractivity contribution in [2.45, 2.75) is 6.36 Å². The molecule has 1 aromatic rings. The lowest BCUT2D eigenvalue weighted by atomic mass is 10.2. The van der Waals surface area contributed by atoms with Crippen LogP contribution in [0.3, 0.4) is 0 Å². The number of nitrogens with two attached hydrogens (primary N) is 1. The third kappa shape index (κ3) is 2.98. The third-order valence-corrected chi connectivity index (χ3v) is 1.63. The zero-order valence-corrected chi connectivity index (χ0v) is 7.76. The van der Waals surface area contributed by atoms with E-state index in [1.54, 1.807) is 0 Å². The molecule has 1 heterocycles. The summed E-state index contributed by atoms with van der Waals surface area (Å²) in [6, 6.07) is 0.847. The summed E-state index contributed by atoms with van der Waals surface area (Å²) in [5, 5.41) is -0.441. The molecule has 1 rings (SSSR count). The molecular formula is C7H4ClF3N2O2. The molecule has 0 aliphatic rings. The van der Waals surface area contributed by atoms with Gasteiger partial charge in [0.25, 0.3) is 5.91 Å². The summed E-state index contributed by atoms with van der Waals surface area (Å²) >= 11 is 5.39. The van der Waals surface area contributed by atoms with Crippen LogP contribution in [0.2, 0.25) is 5.15 Å². The van der Waals surface area contributed by atoms with Crippen LogP contribution in [-0.2, 0) is 0 Å². The van der Waals surface area contributed by atoms with Gasteiger partial charge in [0.1, 0.15) is 16.5 Å². The molecule has 0 saturated carbocycles. The van der Waals surface area contributed by atoms with Gasteiger partial charge >= 0.3 is 6.36 Å². The van der Waals surface area contributed by atoms with Gasteiger partial charge < -0.3 is 10.5 Å². The van der Waals surface area contributed by atoms with Gasteiger partial charge in [-0.1, -0.05) is 11.6 Å². The highest BCUT2D eigenvalue weighted by atomic mass is 35.5. The fraction of sp³-hybridized carbons (Fsp3) is 0.143. The van der Waals surface area contributed by atoms with Crippen LogP contribution in [0.25, 0.3) is 0 Å². The number of nitrogens with zero attached hydrogens (tertiary/aromatic N) is 1. The zero-order valence-electron chi connectivity index (χ0n) is 7.01. The Morgan fingerprint density at radius 2 is 2.13 bits per heavy atom. The van der Waals surface area contributed by atoms with Crippen LogP contribution in [0.4, 0.5) is 13.2 Å². The molecule has 1 amide bonds. The Labute approximate surface area is 86.8 Å². The average Bonchev–Trinajstić information content (AvgIpc) is 1.99. The number of halogens is 4. The van der Waals surface area contributed by atoms with Crippen molar-refractivity contribution in [2.24, 2.45) is 5.73 Å². The second-order valence-electron chi connectivity index (χ2n) is 2.39. The molecule has 15 heavy (non-hydrogen) atoms. The second-order valence-corrected chi connectivity index (χ2v) is 2.74. The van der Waals surface area contributed by atoms with Crippen LogP contribution in [0.15, 0.2) is 12.3 Å². The van der Waals surface area contributed by atoms with E-state index in [0.29, 0.717) is 0 Å². The number of alkyl halides is 3. The number of rotatable bonds is 2. The molecule has 0 aliphatic heterocycles. The van der Waals surface area contributed by atoms with E-state index < -0.39 is 28.7 Å². The van der Waals surface area contributed by atoms with E-state index in [9.17, 15) is 18.0 Å². The fourth-order valence-corrected chi connectivity index (χ4v) is 1.10. The fourth-order valence-electron chi connectivity index (χ4n) is 0.853. The molecule has 2 N–H and O–H groups in total. The molecule has 8 heteroatoms. The van der Waals surface area contributed by atoms with Gasteiger partial charge in [-0.25, -0.2) is 4.98 Å². The summed E-state index contributed by atoms with van der Waals surface area (Å²) in [6.07, 6.45) is -3.95. The number of carbonyl (C=O) groups excluding carboxylic acids is 1. The minimum atomic E-state index is -4.92. The Bertz CT molecular complexity index is 394. The Morgan fingerprint density at radius 1 is 1.53 bits per heavy atom. The van der Waals surface area contributed by atoms with Crippen molar-refractivity contribution in [3.8, 4) is 5.75 Å². The quantitative estimate of drug-likeness (QED) is 0.801. The maximum atomic E-state index is 11.9. The Morgan fingerprint density at radius 3 is 2.60 bits per heavy atom. The van der Waals surface area contributed by atoms with Gasteiger partial charge in [-0.3, -0.25) is 4.79 Å². The van der Waals surface area contributed by atoms with Crippen molar-refractivity contribution in [3.63, 3.8) is 0 Å². The summed E-state index contributed by atoms with van der Waals surface area (Å²) in [4.78, 5) is 14.2. The van der Waals surface area contributed by atoms with Crippen LogP contribution in [0, 0.1) is 0 Å². The molecule has 0 radical (unpaired) electrons. The summed E-state index contributed by atoms with van der Waals surface area (Å²) in [5.74, 6) is -1.91. The van der Waals surface area contributed by atoms with E-state index in [-0.39, 0.29) is 0 Å². The highest BCUT2D eigenvalue weighted by Crippen LogP contribution is 2.29. The molecule has 82 valence electrons. The lowest BCUT2D eigenvalue weighted by molar-refractivity contribution is -0.274. The topological polar surface area (TPSA) is 65.2 Å². The largest absolute Gasteiger partial charge is 0.573 e. The van der Waals surface area contributed by atoms with Gasteiger partial charge in [0.15, 0.2) is 0 Å². The van der Waals surface area contributed by atoms with Crippen molar-refractivity contribution in [3.05, 3.63) is 23.0 Å². The predicted molar refractivity (Wildman–Crippen MR) is 44.4 cm³/mol. The molecule has 0 aliphatic carbocycles. The van der Waals surface area contributed by atoms with E-state index in [1.807, 2.05) is 0 Å². The van der Waals surface area contributed by atoms with Gasteiger partial charge in [-0.15, -0.1) is 13.2 Å². The highest BCUT2D eigenvalue weighted by Gasteiger charge is 2.33. The lowest BCUT2D eigenvalue weighted by Crippen LogP contribution is -2.21. The zero-order chi connectivity index (χ0) is 11.6. The first-order chi connectivity index (χ1) is 6.81. The van der Waals surface area contributed by atoms with Crippen molar-refractivity contribution in [2.75, 3.05) is 0 Å². The van der Waals surface area contributed by atoms with E-state index in [2.05, 4.69) is 9.72 Å². The van der Waals surface area contributed by atoms with Gasteiger partial charge in [0.2, 0.25) is 0 Å². The number of hydrogen-bond donors (Lipinski definition) is 1. The molecule has 4 nitrogen and oxygen atoms in total. The van der Waals surface area contributed by atoms with Crippen molar-refractivity contribution in [1.29, 1.82) is 0 Å². The van der Waals surface area contributed by atoms with E-state index >= 15 is 0 Å². The molecule has 0 aromatic carbocycles. The first-order valence-corrected chi connectivity index (χ1v) is 3.89. The molecule has 0 spiro atoms. The average molecular weight is 241 g/mol. The van der Waals surface area contributed by atoms with E-state index in [1.165, 1.54) is 0 Å². The van der Waals surface area contributed by atoms with Gasteiger partial charge in [-0.2, -0.15) is 0 Å². The lowest BCUT2D eigenvalue weighted by Gasteiger charge is -2.11. The molecule has 0 unspecified atom stereocenters. The first kappa shape index (κ1) is 11.6. The number of amides is 1. The highest BCUT2D eigenvalue weighted by molar-refractivity contribution is 6.33. The normalized spacial score (nSPS) is 11.2. The smallest absolute Gasteiger partial charge is 0.405 e. The van der Waals surface area contributed by atoms with Crippen LogP contribution >= 0.6 is 11.6 Å². The predicted octanol–water partition coefficient (Wildman–Crippen LogP) is 1.73. The molecule has 0 fully saturated rings. The standard InChI is InChI=1S/C7H4ClF3N2O2/c8-5-4(6(12)14)3(1-2-13-5)15-7(9,10)11/h1-2H,(H2,12,14). The monoisotopic (exact) mass is 240 g/mol. The molecule has 0 bridgehead atoms. The van der Waals surface area contributed by atoms with Crippen LogP contribution < -0.4 is 10.5 Å². The van der Waals surface area contributed by atoms with Gasteiger partial charge in [0.05, 0.1) is 0 Å². The summed E-state index contributed by atoms with van der Waals surface area (Å²) in [6.45, 7) is 0. The summed E-state index contributed by atoms with van der Waals surface area (Å²) in [7, 11) is 0. The van der Waals surface area contributed by atoms with Crippen molar-refractivity contribution < 1.29 is 22.7 Å². The van der Waals surface area contributed by atoms with Gasteiger partial charge in [0, 0.05) is 6.20 Å². The first-order valence-electron chi connectivity index (χ1n) is 3.51. The maximum absolute atomic E-state index is 11.9. The summed E-state index contributed by atoms with van der Waals surface area (Å²) in [5.41, 5.74) is 4.22. The van der Waals surface area contributed by atoms with Crippen molar-refractivity contribution in [1.82, 2.24) is 4.98 Å². The van der Waals surface area contributed by atoms with Crippen LogP contribution in [0.5, 0.6) is 5.75 Å². The SMILES string of the molecule is NC(=O)c1c(OC(F)(F)F)ccnc1Cl. The minimum Gasteiger partial charge on any atom is -0.405 e. The second kappa shape index (κ2) is 3.93. The Balaban J connectivity index is 3.18. The summed E-state index contributed by atoms with van der Waals surface area (Å²) < 4.78 is 39.2. The Kier molecular flexibility index (Phi) is 3.04. The number of hydrogen-bond acceptors (Lipinski definition) is 3. The number of primary amides is 1. The number of aromatic nitrogens is 1. The van der Waals surface area contributed by atoms with E-state index in [0.717, 1.165) is 12.3 Å². The van der Waals surface area contributed by atoms with Gasteiger partial charge in [-0.05, 0) is 6.07 Å². The molecule has 1 aromatic heterocycles. The number of carbonyl (C=O) groups is 1.